The molecule has 0 radical (unpaired) electrons. The summed E-state index contributed by atoms with van der Waals surface area (Å²) in [7, 11) is 1.65. The maximum Gasteiger partial charge on any atom is 0.0733 e. The Hall–Kier alpha value is -0.0600. The first kappa shape index (κ1) is 10.0. The normalized spacial score (nSPS) is 10.2. The number of halogens is 2. The highest BCUT2D eigenvalue weighted by Gasteiger charge is 2.04. The zero-order valence-corrected chi connectivity index (χ0v) is 9.78. The van der Waals surface area contributed by atoms with E-state index in [1.54, 1.807) is 7.11 Å². The maximum absolute atomic E-state index is 5.79. The van der Waals surface area contributed by atoms with Gasteiger partial charge in [0.05, 0.1) is 12.3 Å². The average Bonchev–Trinajstić information content (AvgIpc) is 2.00. The van der Waals surface area contributed by atoms with Crippen LogP contribution in [0, 0.1) is 0 Å². The summed E-state index contributed by atoms with van der Waals surface area (Å²) in [6.45, 7) is 0.532. The van der Waals surface area contributed by atoms with Gasteiger partial charge in [-0.2, -0.15) is 0 Å². The molecule has 0 aliphatic heterocycles. The van der Waals surface area contributed by atoms with Gasteiger partial charge in [0, 0.05) is 21.6 Å². The number of nitrogen functional groups attached to an aromatic ring is 1. The third kappa shape index (κ3) is 2.21. The first-order valence-corrected chi connectivity index (χ1v) is 4.96. The largest absolute Gasteiger partial charge is 0.398 e. The Labute approximate surface area is 88.3 Å². The van der Waals surface area contributed by atoms with E-state index in [9.17, 15) is 0 Å². The molecule has 0 aliphatic rings. The molecule has 0 saturated heterocycles. The van der Waals surface area contributed by atoms with Crippen molar-refractivity contribution < 1.29 is 4.74 Å². The van der Waals surface area contributed by atoms with Crippen molar-refractivity contribution in [2.24, 2.45) is 0 Å². The fourth-order valence-corrected chi connectivity index (χ4v) is 2.23. The minimum absolute atomic E-state index is 0.532. The molecule has 0 amide bonds. The molecular weight excluding hydrogens is 286 g/mol. The van der Waals surface area contributed by atoms with E-state index in [2.05, 4.69) is 31.9 Å². The second-order valence-electron chi connectivity index (χ2n) is 2.39. The van der Waals surface area contributed by atoms with Crippen molar-refractivity contribution in [1.29, 1.82) is 0 Å². The molecule has 0 atom stereocenters. The second kappa shape index (κ2) is 4.25. The summed E-state index contributed by atoms with van der Waals surface area (Å²) in [6, 6.07) is 3.86. The Kier molecular flexibility index (Phi) is 3.55. The molecule has 0 aromatic heterocycles. The smallest absolute Gasteiger partial charge is 0.0733 e. The molecule has 1 rings (SSSR count). The van der Waals surface area contributed by atoms with Gasteiger partial charge < -0.3 is 10.5 Å². The van der Waals surface area contributed by atoms with E-state index in [0.717, 1.165) is 20.2 Å². The Morgan fingerprint density at radius 2 is 2.08 bits per heavy atom. The van der Waals surface area contributed by atoms with Gasteiger partial charge in [-0.15, -0.1) is 0 Å². The molecule has 12 heavy (non-hydrogen) atoms. The van der Waals surface area contributed by atoms with Crippen LogP contribution in [0.5, 0.6) is 0 Å². The van der Waals surface area contributed by atoms with Crippen LogP contribution in [0.15, 0.2) is 21.1 Å². The molecule has 2 N–H and O–H groups in total. The molecule has 0 spiro atoms. The fraction of sp³-hybridized carbons (Fsp3) is 0.250. The van der Waals surface area contributed by atoms with Gasteiger partial charge in [-0.3, -0.25) is 0 Å². The third-order valence-electron chi connectivity index (χ3n) is 1.48. The Balaban J connectivity index is 3.09. The van der Waals surface area contributed by atoms with Crippen molar-refractivity contribution in [2.45, 2.75) is 6.61 Å². The van der Waals surface area contributed by atoms with E-state index in [1.807, 2.05) is 12.1 Å². The number of hydrogen-bond donors (Lipinski definition) is 1. The van der Waals surface area contributed by atoms with Crippen LogP contribution in [0.2, 0.25) is 0 Å². The van der Waals surface area contributed by atoms with Gasteiger partial charge in [-0.25, -0.2) is 0 Å². The van der Waals surface area contributed by atoms with Gasteiger partial charge in [0.15, 0.2) is 0 Å². The molecular formula is C8H9Br2NO. The van der Waals surface area contributed by atoms with E-state index in [0.29, 0.717) is 6.61 Å². The van der Waals surface area contributed by atoms with E-state index in [1.165, 1.54) is 0 Å². The van der Waals surface area contributed by atoms with Crippen LogP contribution in [0.25, 0.3) is 0 Å². The van der Waals surface area contributed by atoms with Crippen LogP contribution >= 0.6 is 31.9 Å². The van der Waals surface area contributed by atoms with Crippen LogP contribution in [0.3, 0.4) is 0 Å². The number of rotatable bonds is 2. The van der Waals surface area contributed by atoms with Gasteiger partial charge in [-0.05, 0) is 28.1 Å². The number of hydrogen-bond acceptors (Lipinski definition) is 2. The molecule has 1 aromatic carbocycles. The zero-order valence-electron chi connectivity index (χ0n) is 6.60. The van der Waals surface area contributed by atoms with Crippen molar-refractivity contribution in [3.63, 3.8) is 0 Å². The quantitative estimate of drug-likeness (QED) is 0.851. The van der Waals surface area contributed by atoms with E-state index in [4.69, 9.17) is 10.5 Å². The van der Waals surface area contributed by atoms with Gasteiger partial charge in [0.1, 0.15) is 0 Å². The van der Waals surface area contributed by atoms with E-state index < -0.39 is 0 Å². The van der Waals surface area contributed by atoms with Crippen LogP contribution in [-0.4, -0.2) is 7.11 Å². The fourth-order valence-electron chi connectivity index (χ4n) is 0.913. The Bertz CT molecular complexity index is 289. The van der Waals surface area contributed by atoms with Crippen LogP contribution in [0.1, 0.15) is 5.56 Å². The number of anilines is 1. The lowest BCUT2D eigenvalue weighted by Crippen LogP contribution is -1.96. The lowest BCUT2D eigenvalue weighted by molar-refractivity contribution is 0.185. The molecule has 4 heteroatoms. The Morgan fingerprint density at radius 3 is 2.67 bits per heavy atom. The SMILES string of the molecule is COCc1cc(Br)cc(Br)c1N. The lowest BCUT2D eigenvalue weighted by Gasteiger charge is -2.06. The van der Waals surface area contributed by atoms with E-state index in [-0.39, 0.29) is 0 Å². The third-order valence-corrected chi connectivity index (χ3v) is 2.59. The minimum Gasteiger partial charge on any atom is -0.398 e. The number of nitrogens with two attached hydrogens (primary N) is 1. The minimum atomic E-state index is 0.532. The van der Waals surface area contributed by atoms with Crippen LogP contribution < -0.4 is 5.73 Å². The second-order valence-corrected chi connectivity index (χ2v) is 4.16. The topological polar surface area (TPSA) is 35.2 Å². The number of benzene rings is 1. The molecule has 0 saturated carbocycles. The number of ether oxygens (including phenoxy) is 1. The molecule has 66 valence electrons. The molecule has 0 unspecified atom stereocenters. The summed E-state index contributed by atoms with van der Waals surface area (Å²) in [5.41, 5.74) is 7.51. The maximum atomic E-state index is 5.79. The van der Waals surface area contributed by atoms with Crippen molar-refractivity contribution >= 4 is 37.5 Å². The average molecular weight is 295 g/mol. The van der Waals surface area contributed by atoms with Crippen LogP contribution in [-0.2, 0) is 11.3 Å². The van der Waals surface area contributed by atoms with Gasteiger partial charge >= 0.3 is 0 Å². The van der Waals surface area contributed by atoms with Gasteiger partial charge in [-0.1, -0.05) is 15.9 Å². The zero-order chi connectivity index (χ0) is 9.14. The molecule has 0 heterocycles. The highest BCUT2D eigenvalue weighted by molar-refractivity contribution is 9.11. The summed E-state index contributed by atoms with van der Waals surface area (Å²) in [5.74, 6) is 0. The van der Waals surface area contributed by atoms with Crippen molar-refractivity contribution in [2.75, 3.05) is 12.8 Å². The summed E-state index contributed by atoms with van der Waals surface area (Å²) >= 11 is 6.73. The molecule has 2 nitrogen and oxygen atoms in total. The van der Waals surface area contributed by atoms with Gasteiger partial charge in [0.2, 0.25) is 0 Å². The molecule has 0 bridgehead atoms. The predicted octanol–water partition coefficient (Wildman–Crippen LogP) is 2.94. The Morgan fingerprint density at radius 1 is 1.42 bits per heavy atom. The van der Waals surface area contributed by atoms with Gasteiger partial charge in [0.25, 0.3) is 0 Å². The highest BCUT2D eigenvalue weighted by atomic mass is 79.9. The van der Waals surface area contributed by atoms with Crippen molar-refractivity contribution in [1.82, 2.24) is 0 Å². The standard InChI is InChI=1S/C8H9Br2NO/c1-12-4-5-2-6(9)3-7(10)8(5)11/h2-3H,4,11H2,1H3. The first-order chi connectivity index (χ1) is 5.65. The van der Waals surface area contributed by atoms with Crippen LogP contribution in [0.4, 0.5) is 5.69 Å². The highest BCUT2D eigenvalue weighted by Crippen LogP contribution is 2.28. The molecule has 0 aliphatic carbocycles. The first-order valence-electron chi connectivity index (χ1n) is 3.37. The lowest BCUT2D eigenvalue weighted by atomic mass is 10.2. The summed E-state index contributed by atoms with van der Waals surface area (Å²) in [4.78, 5) is 0. The molecule has 1 aromatic rings. The summed E-state index contributed by atoms with van der Waals surface area (Å²) in [6.07, 6.45) is 0. The van der Waals surface area contributed by atoms with Crippen molar-refractivity contribution in [3.05, 3.63) is 26.6 Å². The van der Waals surface area contributed by atoms with E-state index >= 15 is 0 Å². The monoisotopic (exact) mass is 293 g/mol. The predicted molar refractivity (Wildman–Crippen MR) is 57.0 cm³/mol. The number of methoxy groups -OCH3 is 1. The molecule has 0 fully saturated rings. The van der Waals surface area contributed by atoms with Crippen molar-refractivity contribution in [3.8, 4) is 0 Å². The summed E-state index contributed by atoms with van der Waals surface area (Å²) < 4.78 is 6.89. The summed E-state index contributed by atoms with van der Waals surface area (Å²) in [5, 5.41) is 0.